The Hall–Kier alpha value is -1.18. The highest BCUT2D eigenvalue weighted by molar-refractivity contribution is 7.89. The van der Waals surface area contributed by atoms with Crippen LogP contribution in [0.3, 0.4) is 0 Å². The van der Waals surface area contributed by atoms with Gasteiger partial charge in [-0.1, -0.05) is 0 Å². The lowest BCUT2D eigenvalue weighted by Gasteiger charge is -2.15. The van der Waals surface area contributed by atoms with Gasteiger partial charge in [0.25, 0.3) is 10.0 Å². The molecule has 7 heteroatoms. The fourth-order valence-corrected chi connectivity index (χ4v) is 3.69. The maximum absolute atomic E-state index is 12.3. The van der Waals surface area contributed by atoms with Crippen molar-refractivity contribution in [3.05, 3.63) is 18.3 Å². The topological polar surface area (TPSA) is 74.3 Å². The molecule has 0 bridgehead atoms. The number of anilines is 1. The van der Waals surface area contributed by atoms with E-state index in [0.717, 1.165) is 26.1 Å². The molecule has 0 radical (unpaired) electrons. The van der Waals surface area contributed by atoms with E-state index in [4.69, 9.17) is 0 Å². The zero-order valence-electron chi connectivity index (χ0n) is 12.5. The predicted octanol–water partition coefficient (Wildman–Crippen LogP) is 1.28. The number of aromatic nitrogens is 1. The summed E-state index contributed by atoms with van der Waals surface area (Å²) in [4.78, 5) is 6.38. The second kappa shape index (κ2) is 7.72. The van der Waals surface area contributed by atoms with Gasteiger partial charge in [0.2, 0.25) is 0 Å². The summed E-state index contributed by atoms with van der Waals surface area (Å²) in [6.45, 7) is 6.25. The Balaban J connectivity index is 1.88. The number of sulfonamides is 1. The largest absolute Gasteiger partial charge is 0.383 e. The molecule has 0 spiro atoms. The van der Waals surface area contributed by atoms with E-state index in [9.17, 15) is 8.42 Å². The van der Waals surface area contributed by atoms with Gasteiger partial charge in [0.05, 0.1) is 5.69 Å². The van der Waals surface area contributed by atoms with Crippen molar-refractivity contribution in [2.75, 3.05) is 38.0 Å². The van der Waals surface area contributed by atoms with Crippen LogP contribution < -0.4 is 10.0 Å². The van der Waals surface area contributed by atoms with E-state index in [1.165, 1.54) is 19.0 Å². The van der Waals surface area contributed by atoms with Crippen molar-refractivity contribution < 1.29 is 8.42 Å². The lowest BCUT2D eigenvalue weighted by molar-refractivity contribution is 0.334. The van der Waals surface area contributed by atoms with Crippen molar-refractivity contribution in [1.82, 2.24) is 14.6 Å². The van der Waals surface area contributed by atoms with Crippen LogP contribution in [0.5, 0.6) is 0 Å². The van der Waals surface area contributed by atoms with Crippen molar-refractivity contribution in [3.8, 4) is 0 Å². The minimum atomic E-state index is -3.55. The van der Waals surface area contributed by atoms with E-state index in [2.05, 4.69) is 19.9 Å². The Morgan fingerprint density at radius 2 is 2.10 bits per heavy atom. The number of rotatable bonds is 8. The molecule has 6 nitrogen and oxygen atoms in total. The molecule has 0 saturated carbocycles. The Kier molecular flexibility index (Phi) is 5.96. The van der Waals surface area contributed by atoms with Gasteiger partial charge in [-0.25, -0.2) is 18.1 Å². The average Bonchev–Trinajstić information content (AvgIpc) is 2.98. The highest BCUT2D eigenvalue weighted by atomic mass is 32.2. The normalized spacial score (nSPS) is 16.2. The fraction of sp³-hybridized carbons (Fsp3) is 0.643. The minimum Gasteiger partial charge on any atom is -0.383 e. The summed E-state index contributed by atoms with van der Waals surface area (Å²) in [5.74, 6) is 0. The molecule has 2 N–H and O–H groups in total. The van der Waals surface area contributed by atoms with E-state index in [0.29, 0.717) is 18.8 Å². The molecular weight excluding hydrogens is 288 g/mol. The Labute approximate surface area is 127 Å². The van der Waals surface area contributed by atoms with Crippen LogP contribution in [-0.4, -0.2) is 51.0 Å². The summed E-state index contributed by atoms with van der Waals surface area (Å²) in [5.41, 5.74) is 0.548. The molecule has 21 heavy (non-hydrogen) atoms. The summed E-state index contributed by atoms with van der Waals surface area (Å²) < 4.78 is 27.2. The second-order valence-electron chi connectivity index (χ2n) is 5.19. The van der Waals surface area contributed by atoms with Gasteiger partial charge < -0.3 is 10.2 Å². The lowest BCUT2D eigenvalue weighted by Crippen LogP contribution is -2.29. The van der Waals surface area contributed by atoms with E-state index in [1.807, 2.05) is 6.92 Å². The van der Waals surface area contributed by atoms with Crippen LogP contribution >= 0.6 is 0 Å². The number of nitrogens with one attached hydrogen (secondary N) is 2. The molecule has 118 valence electrons. The zero-order chi connectivity index (χ0) is 15.1. The maximum Gasteiger partial charge on any atom is 0.260 e. The number of hydrogen-bond acceptors (Lipinski definition) is 5. The van der Waals surface area contributed by atoms with Crippen molar-refractivity contribution in [2.24, 2.45) is 0 Å². The lowest BCUT2D eigenvalue weighted by atomic mass is 10.4. The number of likely N-dealkylation sites (tertiary alicyclic amines) is 1. The first kappa shape index (κ1) is 16.2. The summed E-state index contributed by atoms with van der Waals surface area (Å²) in [5, 5.41) is 3.10. The standard InChI is InChI=1S/C14H24N4O2S/c1-2-15-13-7-5-8-16-14(13)21(19,20)17-9-6-12-18-10-3-4-11-18/h5,7-8,15,17H,2-4,6,9-12H2,1H3. The molecule has 1 aliphatic rings. The molecule has 0 aliphatic carbocycles. The van der Waals surface area contributed by atoms with E-state index >= 15 is 0 Å². The molecule has 0 unspecified atom stereocenters. The number of pyridine rings is 1. The molecule has 1 aromatic rings. The van der Waals surface area contributed by atoms with Gasteiger partial charge in [-0.3, -0.25) is 0 Å². The number of hydrogen-bond donors (Lipinski definition) is 2. The third-order valence-corrected chi connectivity index (χ3v) is 4.95. The van der Waals surface area contributed by atoms with Gasteiger partial charge >= 0.3 is 0 Å². The summed E-state index contributed by atoms with van der Waals surface area (Å²) in [7, 11) is -3.55. The van der Waals surface area contributed by atoms with E-state index in [-0.39, 0.29) is 5.03 Å². The fourth-order valence-electron chi connectivity index (χ4n) is 2.51. The zero-order valence-corrected chi connectivity index (χ0v) is 13.3. The molecule has 1 saturated heterocycles. The van der Waals surface area contributed by atoms with Crippen molar-refractivity contribution in [1.29, 1.82) is 0 Å². The quantitative estimate of drug-likeness (QED) is 0.707. The van der Waals surface area contributed by atoms with Gasteiger partial charge in [0, 0.05) is 19.3 Å². The van der Waals surface area contributed by atoms with E-state index < -0.39 is 10.0 Å². The van der Waals surface area contributed by atoms with Crippen LogP contribution in [0.2, 0.25) is 0 Å². The van der Waals surface area contributed by atoms with Crippen molar-refractivity contribution in [3.63, 3.8) is 0 Å². The first-order chi connectivity index (χ1) is 10.1. The van der Waals surface area contributed by atoms with Crippen LogP contribution in [0.15, 0.2) is 23.4 Å². The Bertz CT molecular complexity index is 542. The summed E-state index contributed by atoms with van der Waals surface area (Å²) in [6.07, 6.45) is 4.83. The van der Waals surface area contributed by atoms with Crippen LogP contribution in [0, 0.1) is 0 Å². The highest BCUT2D eigenvalue weighted by Gasteiger charge is 2.19. The van der Waals surface area contributed by atoms with Crippen molar-refractivity contribution >= 4 is 15.7 Å². The summed E-state index contributed by atoms with van der Waals surface area (Å²) in [6, 6.07) is 3.46. The molecule has 0 atom stereocenters. The Morgan fingerprint density at radius 3 is 2.81 bits per heavy atom. The third-order valence-electron chi connectivity index (χ3n) is 3.53. The SMILES string of the molecule is CCNc1cccnc1S(=O)(=O)NCCCN1CCCC1. The summed E-state index contributed by atoms with van der Waals surface area (Å²) >= 11 is 0. The number of nitrogens with zero attached hydrogens (tertiary/aromatic N) is 2. The van der Waals surface area contributed by atoms with Gasteiger partial charge in [0.1, 0.15) is 0 Å². The van der Waals surface area contributed by atoms with Gasteiger partial charge in [-0.2, -0.15) is 0 Å². The maximum atomic E-state index is 12.3. The van der Waals surface area contributed by atoms with Gasteiger partial charge in [-0.05, 0) is 58.0 Å². The van der Waals surface area contributed by atoms with Crippen LogP contribution in [0.25, 0.3) is 0 Å². The highest BCUT2D eigenvalue weighted by Crippen LogP contribution is 2.17. The van der Waals surface area contributed by atoms with Gasteiger partial charge in [-0.15, -0.1) is 0 Å². The first-order valence-corrected chi connectivity index (χ1v) is 9.02. The Morgan fingerprint density at radius 1 is 1.33 bits per heavy atom. The molecule has 1 fully saturated rings. The first-order valence-electron chi connectivity index (χ1n) is 7.54. The second-order valence-corrected chi connectivity index (χ2v) is 6.87. The molecule has 2 heterocycles. The monoisotopic (exact) mass is 312 g/mol. The van der Waals surface area contributed by atoms with Crippen LogP contribution in [0.4, 0.5) is 5.69 Å². The molecule has 1 aliphatic heterocycles. The molecule has 1 aromatic heterocycles. The predicted molar refractivity (Wildman–Crippen MR) is 83.9 cm³/mol. The minimum absolute atomic E-state index is 0.0769. The molecule has 0 amide bonds. The molecule has 2 rings (SSSR count). The third kappa shape index (κ3) is 4.66. The smallest absolute Gasteiger partial charge is 0.260 e. The van der Waals surface area contributed by atoms with Crippen molar-refractivity contribution in [2.45, 2.75) is 31.2 Å². The molecular formula is C14H24N4O2S. The van der Waals surface area contributed by atoms with Gasteiger partial charge in [0.15, 0.2) is 5.03 Å². The molecule has 0 aromatic carbocycles. The van der Waals surface area contributed by atoms with Crippen LogP contribution in [0.1, 0.15) is 26.2 Å². The van der Waals surface area contributed by atoms with E-state index in [1.54, 1.807) is 12.1 Å². The van der Waals surface area contributed by atoms with Crippen LogP contribution in [-0.2, 0) is 10.0 Å². The average molecular weight is 312 g/mol.